The fourth-order valence-electron chi connectivity index (χ4n) is 2.07. The van der Waals surface area contributed by atoms with Crippen LogP contribution in [-0.2, 0) is 4.74 Å². The largest absolute Gasteiger partial charge is 0.399 e. The first-order chi connectivity index (χ1) is 7.75. The molecule has 0 aromatic heterocycles. The zero-order valence-electron chi connectivity index (χ0n) is 9.83. The van der Waals surface area contributed by atoms with E-state index in [4.69, 9.17) is 10.5 Å². The van der Waals surface area contributed by atoms with Gasteiger partial charge in [0.25, 0.3) is 0 Å². The summed E-state index contributed by atoms with van der Waals surface area (Å²) in [5, 5.41) is 3.42. The molecule has 3 N–H and O–H groups in total. The highest BCUT2D eigenvalue weighted by atomic mass is 16.5. The van der Waals surface area contributed by atoms with Gasteiger partial charge < -0.3 is 15.8 Å². The van der Waals surface area contributed by atoms with Crippen molar-refractivity contribution < 1.29 is 4.74 Å². The molecule has 0 aliphatic carbocycles. The van der Waals surface area contributed by atoms with Gasteiger partial charge in [-0.2, -0.15) is 0 Å². The minimum atomic E-state index is 0.453. The lowest BCUT2D eigenvalue weighted by Gasteiger charge is -2.13. The molecule has 0 amide bonds. The third-order valence-corrected chi connectivity index (χ3v) is 3.07. The average Bonchev–Trinajstić information content (AvgIpc) is 2.76. The summed E-state index contributed by atoms with van der Waals surface area (Å²) in [5.41, 5.74) is 8.94. The lowest BCUT2D eigenvalue weighted by molar-refractivity contribution is 0.107. The number of nitrogens with two attached hydrogens (primary N) is 1. The molecule has 0 spiro atoms. The number of rotatable bonds is 4. The van der Waals surface area contributed by atoms with Gasteiger partial charge in [-0.1, -0.05) is 6.07 Å². The number of hydrogen-bond acceptors (Lipinski definition) is 3. The lowest BCUT2D eigenvalue weighted by Crippen LogP contribution is -2.13. The van der Waals surface area contributed by atoms with Crippen molar-refractivity contribution in [2.45, 2.75) is 32.3 Å². The lowest BCUT2D eigenvalue weighted by atomic mass is 10.1. The van der Waals surface area contributed by atoms with Gasteiger partial charge in [0, 0.05) is 24.5 Å². The highest BCUT2D eigenvalue weighted by Crippen LogP contribution is 2.19. The molecule has 16 heavy (non-hydrogen) atoms. The first kappa shape index (κ1) is 11.3. The first-order valence-electron chi connectivity index (χ1n) is 5.97. The molecular formula is C13H20N2O. The van der Waals surface area contributed by atoms with Crippen LogP contribution < -0.4 is 11.1 Å². The van der Waals surface area contributed by atoms with Crippen molar-refractivity contribution in [2.75, 3.05) is 24.2 Å². The zero-order chi connectivity index (χ0) is 11.4. The van der Waals surface area contributed by atoms with Crippen molar-refractivity contribution in [1.82, 2.24) is 0 Å². The van der Waals surface area contributed by atoms with Gasteiger partial charge in [-0.25, -0.2) is 0 Å². The van der Waals surface area contributed by atoms with Crippen LogP contribution in [0.3, 0.4) is 0 Å². The Morgan fingerprint density at radius 1 is 1.50 bits per heavy atom. The summed E-state index contributed by atoms with van der Waals surface area (Å²) in [6, 6.07) is 5.97. The summed E-state index contributed by atoms with van der Waals surface area (Å²) in [7, 11) is 0. The topological polar surface area (TPSA) is 47.3 Å². The molecule has 0 radical (unpaired) electrons. The Labute approximate surface area is 97.0 Å². The predicted molar refractivity (Wildman–Crippen MR) is 67.7 cm³/mol. The van der Waals surface area contributed by atoms with E-state index in [1.54, 1.807) is 0 Å². The van der Waals surface area contributed by atoms with Gasteiger partial charge in [0.1, 0.15) is 0 Å². The molecule has 1 fully saturated rings. The summed E-state index contributed by atoms with van der Waals surface area (Å²) < 4.78 is 5.58. The van der Waals surface area contributed by atoms with Crippen molar-refractivity contribution >= 4 is 11.4 Å². The Kier molecular flexibility index (Phi) is 3.67. The van der Waals surface area contributed by atoms with Crippen LogP contribution in [0.2, 0.25) is 0 Å². The minimum absolute atomic E-state index is 0.453. The fourth-order valence-corrected chi connectivity index (χ4v) is 2.07. The van der Waals surface area contributed by atoms with Crippen molar-refractivity contribution in [1.29, 1.82) is 0 Å². The molecule has 1 atom stereocenters. The van der Waals surface area contributed by atoms with E-state index in [-0.39, 0.29) is 0 Å². The highest BCUT2D eigenvalue weighted by molar-refractivity contribution is 5.59. The third-order valence-electron chi connectivity index (χ3n) is 3.07. The third kappa shape index (κ3) is 2.89. The maximum Gasteiger partial charge on any atom is 0.0592 e. The molecule has 0 saturated carbocycles. The van der Waals surface area contributed by atoms with E-state index >= 15 is 0 Å². The van der Waals surface area contributed by atoms with Crippen molar-refractivity contribution in [3.05, 3.63) is 23.8 Å². The Balaban J connectivity index is 1.82. The van der Waals surface area contributed by atoms with Crippen LogP contribution in [0.5, 0.6) is 0 Å². The van der Waals surface area contributed by atoms with Gasteiger partial charge in [-0.15, -0.1) is 0 Å². The molecule has 1 aromatic carbocycles. The van der Waals surface area contributed by atoms with Gasteiger partial charge in [0.2, 0.25) is 0 Å². The Bertz CT molecular complexity index is 346. The fraction of sp³-hybridized carbons (Fsp3) is 0.538. The van der Waals surface area contributed by atoms with Crippen molar-refractivity contribution in [3.8, 4) is 0 Å². The number of hydrogen-bond donors (Lipinski definition) is 2. The molecule has 1 unspecified atom stereocenters. The predicted octanol–water partition coefficient (Wildman–Crippen LogP) is 2.56. The average molecular weight is 220 g/mol. The van der Waals surface area contributed by atoms with Crippen LogP contribution in [0.25, 0.3) is 0 Å². The van der Waals surface area contributed by atoms with Crippen LogP contribution in [0.1, 0.15) is 24.8 Å². The van der Waals surface area contributed by atoms with E-state index < -0.39 is 0 Å². The Morgan fingerprint density at radius 2 is 2.38 bits per heavy atom. The second kappa shape index (κ2) is 5.21. The van der Waals surface area contributed by atoms with E-state index in [2.05, 4.69) is 12.2 Å². The molecule has 1 aliphatic heterocycles. The highest BCUT2D eigenvalue weighted by Gasteiger charge is 2.14. The molecule has 3 nitrogen and oxygen atoms in total. The molecule has 1 aliphatic rings. The summed E-state index contributed by atoms with van der Waals surface area (Å²) in [6.45, 7) is 3.98. The monoisotopic (exact) mass is 220 g/mol. The van der Waals surface area contributed by atoms with E-state index in [9.17, 15) is 0 Å². The van der Waals surface area contributed by atoms with Crippen LogP contribution in [0.15, 0.2) is 18.2 Å². The number of aryl methyl sites for hydroxylation is 1. The maximum atomic E-state index is 5.76. The number of anilines is 2. The van der Waals surface area contributed by atoms with Crippen LogP contribution in [-0.4, -0.2) is 19.3 Å². The van der Waals surface area contributed by atoms with E-state index in [0.717, 1.165) is 30.9 Å². The minimum Gasteiger partial charge on any atom is -0.399 e. The maximum absolute atomic E-state index is 5.76. The van der Waals surface area contributed by atoms with Gasteiger partial charge in [-0.3, -0.25) is 0 Å². The molecule has 1 heterocycles. The second-order valence-corrected chi connectivity index (χ2v) is 4.42. The molecule has 1 saturated heterocycles. The standard InChI is InChI=1S/C13H20N2O/c1-10-4-5-11(14)9-13(10)15-7-6-12-3-2-8-16-12/h4-5,9,12,15H,2-3,6-8,14H2,1H3. The molecule has 88 valence electrons. The summed E-state index contributed by atoms with van der Waals surface area (Å²) >= 11 is 0. The van der Waals surface area contributed by atoms with Gasteiger partial charge >= 0.3 is 0 Å². The molecule has 0 bridgehead atoms. The van der Waals surface area contributed by atoms with Gasteiger partial charge in [-0.05, 0) is 43.9 Å². The SMILES string of the molecule is Cc1ccc(N)cc1NCCC1CCCO1. The molecule has 2 rings (SSSR count). The van der Waals surface area contributed by atoms with Gasteiger partial charge in [0.05, 0.1) is 6.10 Å². The second-order valence-electron chi connectivity index (χ2n) is 4.42. The molecule has 3 heteroatoms. The van der Waals surface area contributed by atoms with E-state index in [1.165, 1.54) is 18.4 Å². The zero-order valence-corrected chi connectivity index (χ0v) is 9.83. The first-order valence-corrected chi connectivity index (χ1v) is 5.97. The van der Waals surface area contributed by atoms with E-state index in [0.29, 0.717) is 6.10 Å². The summed E-state index contributed by atoms with van der Waals surface area (Å²) in [4.78, 5) is 0. The number of nitrogens with one attached hydrogen (secondary N) is 1. The quantitative estimate of drug-likeness (QED) is 0.767. The number of nitrogen functional groups attached to an aromatic ring is 1. The molecule has 1 aromatic rings. The molecular weight excluding hydrogens is 200 g/mol. The van der Waals surface area contributed by atoms with E-state index in [1.807, 2.05) is 18.2 Å². The van der Waals surface area contributed by atoms with Crippen LogP contribution in [0, 0.1) is 6.92 Å². The van der Waals surface area contributed by atoms with Crippen molar-refractivity contribution in [2.24, 2.45) is 0 Å². The number of benzene rings is 1. The number of ether oxygens (including phenoxy) is 1. The summed E-state index contributed by atoms with van der Waals surface area (Å²) in [5.74, 6) is 0. The van der Waals surface area contributed by atoms with Gasteiger partial charge in [0.15, 0.2) is 0 Å². The normalized spacial score (nSPS) is 19.9. The Morgan fingerprint density at radius 3 is 3.12 bits per heavy atom. The van der Waals surface area contributed by atoms with Crippen molar-refractivity contribution in [3.63, 3.8) is 0 Å². The van der Waals surface area contributed by atoms with Crippen LogP contribution in [0.4, 0.5) is 11.4 Å². The Hall–Kier alpha value is -1.22. The summed E-state index contributed by atoms with van der Waals surface area (Å²) in [6.07, 6.45) is 3.95. The van der Waals surface area contributed by atoms with Crippen LogP contribution >= 0.6 is 0 Å². The smallest absolute Gasteiger partial charge is 0.0592 e.